The van der Waals surface area contributed by atoms with Crippen molar-refractivity contribution in [1.82, 2.24) is 15.2 Å². The van der Waals surface area contributed by atoms with Gasteiger partial charge in [0.1, 0.15) is 5.82 Å². The molecule has 0 fully saturated rings. The monoisotopic (exact) mass is 298 g/mol. The predicted molar refractivity (Wildman–Crippen MR) is 78.4 cm³/mol. The molecule has 0 unspecified atom stereocenters. The Morgan fingerprint density at radius 3 is 2.68 bits per heavy atom. The molecule has 0 aliphatic heterocycles. The van der Waals surface area contributed by atoms with E-state index in [0.717, 1.165) is 43.6 Å². The SMILES string of the molecule is NCCCCCc1nc(-c2ccc(Cl)c(Cl)c2)n[nH]1. The molecule has 102 valence electrons. The minimum Gasteiger partial charge on any atom is -0.330 e. The maximum absolute atomic E-state index is 5.98. The third kappa shape index (κ3) is 3.93. The average Bonchev–Trinajstić information content (AvgIpc) is 2.87. The second-order valence-corrected chi connectivity index (χ2v) is 5.15. The Balaban J connectivity index is 2.01. The van der Waals surface area contributed by atoms with Gasteiger partial charge in [0, 0.05) is 12.0 Å². The first-order chi connectivity index (χ1) is 9.20. The van der Waals surface area contributed by atoms with Gasteiger partial charge in [0.05, 0.1) is 10.0 Å². The van der Waals surface area contributed by atoms with Crippen LogP contribution in [0.25, 0.3) is 11.4 Å². The van der Waals surface area contributed by atoms with E-state index in [1.54, 1.807) is 12.1 Å². The Morgan fingerprint density at radius 1 is 1.11 bits per heavy atom. The van der Waals surface area contributed by atoms with Gasteiger partial charge < -0.3 is 5.73 Å². The number of unbranched alkanes of at least 4 members (excludes halogenated alkanes) is 2. The predicted octanol–water partition coefficient (Wildman–Crippen LogP) is 3.45. The normalized spacial score (nSPS) is 10.9. The molecule has 2 aromatic rings. The first-order valence-electron chi connectivity index (χ1n) is 6.27. The van der Waals surface area contributed by atoms with E-state index in [1.807, 2.05) is 6.07 Å². The number of halogens is 2. The average molecular weight is 299 g/mol. The van der Waals surface area contributed by atoms with Crippen molar-refractivity contribution in [2.45, 2.75) is 25.7 Å². The van der Waals surface area contributed by atoms with Crippen LogP contribution < -0.4 is 5.73 Å². The summed E-state index contributed by atoms with van der Waals surface area (Å²) in [6, 6.07) is 5.37. The van der Waals surface area contributed by atoms with Gasteiger partial charge in [-0.05, 0) is 37.6 Å². The van der Waals surface area contributed by atoms with Crippen molar-refractivity contribution in [3.05, 3.63) is 34.1 Å². The highest BCUT2D eigenvalue weighted by atomic mass is 35.5. The number of hydrogen-bond acceptors (Lipinski definition) is 3. The molecule has 0 amide bonds. The molecule has 0 saturated carbocycles. The largest absolute Gasteiger partial charge is 0.330 e. The topological polar surface area (TPSA) is 67.6 Å². The molecule has 0 bridgehead atoms. The minimum atomic E-state index is 0.508. The molecule has 2 rings (SSSR count). The molecule has 0 aliphatic rings. The van der Waals surface area contributed by atoms with Crippen LogP contribution in [-0.4, -0.2) is 21.7 Å². The standard InChI is InChI=1S/C13H16Cl2N4/c14-10-6-5-9(8-11(10)15)13-17-12(18-19-13)4-2-1-3-7-16/h5-6,8H,1-4,7,16H2,(H,17,18,19). The van der Waals surface area contributed by atoms with Gasteiger partial charge in [-0.1, -0.05) is 29.6 Å². The molecule has 0 atom stereocenters. The second kappa shape index (κ2) is 6.89. The van der Waals surface area contributed by atoms with Gasteiger partial charge in [0.15, 0.2) is 5.82 Å². The number of aryl methyl sites for hydroxylation is 1. The highest BCUT2D eigenvalue weighted by Gasteiger charge is 2.07. The van der Waals surface area contributed by atoms with Gasteiger partial charge in [0.2, 0.25) is 0 Å². The summed E-state index contributed by atoms with van der Waals surface area (Å²) >= 11 is 11.9. The van der Waals surface area contributed by atoms with Crippen molar-refractivity contribution in [2.24, 2.45) is 5.73 Å². The molecule has 1 aromatic carbocycles. The first-order valence-corrected chi connectivity index (χ1v) is 7.03. The number of benzene rings is 1. The summed E-state index contributed by atoms with van der Waals surface area (Å²) in [5.41, 5.74) is 6.32. The Morgan fingerprint density at radius 2 is 1.95 bits per heavy atom. The number of aromatic nitrogens is 3. The maximum Gasteiger partial charge on any atom is 0.181 e. The maximum atomic E-state index is 5.98. The van der Waals surface area contributed by atoms with Gasteiger partial charge >= 0.3 is 0 Å². The molecule has 0 spiro atoms. The molecule has 0 aliphatic carbocycles. The van der Waals surface area contributed by atoms with Crippen LogP contribution >= 0.6 is 23.2 Å². The highest BCUT2D eigenvalue weighted by Crippen LogP contribution is 2.26. The number of aromatic amines is 1. The molecule has 0 radical (unpaired) electrons. The van der Waals surface area contributed by atoms with Gasteiger partial charge in [-0.25, -0.2) is 4.98 Å². The molecular weight excluding hydrogens is 283 g/mol. The third-order valence-corrected chi connectivity index (χ3v) is 3.57. The number of nitrogens with one attached hydrogen (secondary N) is 1. The van der Waals surface area contributed by atoms with Crippen LogP contribution in [0, 0.1) is 0 Å². The zero-order valence-corrected chi connectivity index (χ0v) is 12.0. The van der Waals surface area contributed by atoms with Crippen LogP contribution in [0.1, 0.15) is 25.1 Å². The Bertz CT molecular complexity index is 539. The molecule has 4 nitrogen and oxygen atoms in total. The van der Waals surface area contributed by atoms with Crippen molar-refractivity contribution in [3.8, 4) is 11.4 Å². The smallest absolute Gasteiger partial charge is 0.181 e. The van der Waals surface area contributed by atoms with Crippen LogP contribution in [0.2, 0.25) is 10.0 Å². The lowest BCUT2D eigenvalue weighted by atomic mass is 10.2. The number of nitrogens with two attached hydrogens (primary N) is 1. The van der Waals surface area contributed by atoms with Gasteiger partial charge in [-0.3, -0.25) is 5.10 Å². The van der Waals surface area contributed by atoms with Gasteiger partial charge in [0.25, 0.3) is 0 Å². The summed E-state index contributed by atoms with van der Waals surface area (Å²) in [5.74, 6) is 1.53. The van der Waals surface area contributed by atoms with E-state index in [2.05, 4.69) is 15.2 Å². The second-order valence-electron chi connectivity index (χ2n) is 4.33. The summed E-state index contributed by atoms with van der Waals surface area (Å²) in [5, 5.41) is 8.18. The molecule has 6 heteroatoms. The molecule has 1 heterocycles. The third-order valence-electron chi connectivity index (χ3n) is 2.83. The summed E-state index contributed by atoms with van der Waals surface area (Å²) in [4.78, 5) is 4.45. The lowest BCUT2D eigenvalue weighted by Crippen LogP contribution is -1.98. The number of nitrogens with zero attached hydrogens (tertiary/aromatic N) is 2. The Kier molecular flexibility index (Phi) is 5.19. The zero-order chi connectivity index (χ0) is 13.7. The molecule has 19 heavy (non-hydrogen) atoms. The summed E-state index contributed by atoms with van der Waals surface area (Å²) in [6.45, 7) is 0.741. The molecular formula is C13H16Cl2N4. The van der Waals surface area contributed by atoms with E-state index in [1.165, 1.54) is 0 Å². The molecule has 3 N–H and O–H groups in total. The van der Waals surface area contributed by atoms with E-state index in [4.69, 9.17) is 28.9 Å². The molecule has 1 aromatic heterocycles. The van der Waals surface area contributed by atoms with Crippen molar-refractivity contribution in [3.63, 3.8) is 0 Å². The van der Waals surface area contributed by atoms with E-state index in [9.17, 15) is 0 Å². The summed E-state index contributed by atoms with van der Waals surface area (Å²) < 4.78 is 0. The van der Waals surface area contributed by atoms with Crippen LogP contribution in [0.15, 0.2) is 18.2 Å². The fourth-order valence-corrected chi connectivity index (χ4v) is 2.08. The van der Waals surface area contributed by atoms with E-state index >= 15 is 0 Å². The fraction of sp³-hybridized carbons (Fsp3) is 0.385. The quantitative estimate of drug-likeness (QED) is 0.803. The Hall–Kier alpha value is -1.10. The lowest BCUT2D eigenvalue weighted by molar-refractivity contribution is 0.670. The van der Waals surface area contributed by atoms with E-state index < -0.39 is 0 Å². The van der Waals surface area contributed by atoms with Crippen LogP contribution in [0.4, 0.5) is 0 Å². The van der Waals surface area contributed by atoms with Gasteiger partial charge in [-0.15, -0.1) is 0 Å². The van der Waals surface area contributed by atoms with Crippen molar-refractivity contribution < 1.29 is 0 Å². The van der Waals surface area contributed by atoms with Crippen LogP contribution in [0.3, 0.4) is 0 Å². The fourth-order valence-electron chi connectivity index (χ4n) is 1.78. The van der Waals surface area contributed by atoms with Crippen LogP contribution in [0.5, 0.6) is 0 Å². The lowest BCUT2D eigenvalue weighted by Gasteiger charge is -1.98. The van der Waals surface area contributed by atoms with Gasteiger partial charge in [-0.2, -0.15) is 5.10 Å². The van der Waals surface area contributed by atoms with Crippen molar-refractivity contribution in [2.75, 3.05) is 6.54 Å². The number of hydrogen-bond donors (Lipinski definition) is 2. The first kappa shape index (κ1) is 14.3. The van der Waals surface area contributed by atoms with Crippen LogP contribution in [-0.2, 0) is 6.42 Å². The van der Waals surface area contributed by atoms with Crippen molar-refractivity contribution >= 4 is 23.2 Å². The summed E-state index contributed by atoms with van der Waals surface area (Å²) in [6.07, 6.45) is 4.11. The minimum absolute atomic E-state index is 0.508. The Labute approximate surface area is 122 Å². The highest BCUT2D eigenvalue weighted by molar-refractivity contribution is 6.42. The molecule has 0 saturated heterocycles. The zero-order valence-electron chi connectivity index (χ0n) is 10.5. The number of rotatable bonds is 6. The van der Waals surface area contributed by atoms with E-state index in [-0.39, 0.29) is 0 Å². The van der Waals surface area contributed by atoms with E-state index in [0.29, 0.717) is 15.9 Å². The summed E-state index contributed by atoms with van der Waals surface area (Å²) in [7, 11) is 0. The number of H-pyrrole nitrogens is 1. The van der Waals surface area contributed by atoms with Crippen molar-refractivity contribution in [1.29, 1.82) is 0 Å².